The first kappa shape index (κ1) is 12.8. The zero-order valence-corrected chi connectivity index (χ0v) is 10.7. The van der Waals surface area contributed by atoms with Crippen LogP contribution in [-0.4, -0.2) is 33.6 Å². The summed E-state index contributed by atoms with van der Waals surface area (Å²) in [5.74, 6) is 0.357. The summed E-state index contributed by atoms with van der Waals surface area (Å²) in [7, 11) is -3.35. The van der Waals surface area contributed by atoms with Crippen molar-refractivity contribution < 1.29 is 12.8 Å². The zero-order valence-electron chi connectivity index (χ0n) is 9.90. The standard InChI is InChI=1S/C11H14FN3O2S/c1-18(16,17)15-9-2-3-10(12)8(6-9)7-11-13-4-5-14-11/h2-3,6,15H,4-5,7H2,1H3,(H,13,14). The van der Waals surface area contributed by atoms with Gasteiger partial charge in [-0.15, -0.1) is 0 Å². The van der Waals surface area contributed by atoms with Crippen LogP contribution in [0.25, 0.3) is 0 Å². The highest BCUT2D eigenvalue weighted by molar-refractivity contribution is 7.92. The Balaban J connectivity index is 2.21. The number of halogens is 1. The van der Waals surface area contributed by atoms with Gasteiger partial charge < -0.3 is 5.32 Å². The molecule has 0 amide bonds. The summed E-state index contributed by atoms with van der Waals surface area (Å²) >= 11 is 0. The third-order valence-corrected chi connectivity index (χ3v) is 3.06. The van der Waals surface area contributed by atoms with Crippen molar-refractivity contribution in [1.82, 2.24) is 5.32 Å². The van der Waals surface area contributed by atoms with Gasteiger partial charge in [0.2, 0.25) is 10.0 Å². The summed E-state index contributed by atoms with van der Waals surface area (Å²) < 4.78 is 38.1. The second-order valence-corrected chi connectivity index (χ2v) is 5.86. The molecule has 1 aliphatic rings. The van der Waals surface area contributed by atoms with E-state index in [4.69, 9.17) is 0 Å². The van der Waals surface area contributed by atoms with Gasteiger partial charge in [-0.25, -0.2) is 12.8 Å². The number of nitrogens with zero attached hydrogens (tertiary/aromatic N) is 1. The molecule has 18 heavy (non-hydrogen) atoms. The molecule has 0 bridgehead atoms. The number of sulfonamides is 1. The van der Waals surface area contributed by atoms with Crippen LogP contribution in [0.1, 0.15) is 5.56 Å². The van der Waals surface area contributed by atoms with Crippen molar-refractivity contribution in [3.05, 3.63) is 29.6 Å². The first-order valence-electron chi connectivity index (χ1n) is 5.47. The molecule has 1 aromatic rings. The summed E-state index contributed by atoms with van der Waals surface area (Å²) in [6, 6.07) is 4.13. The average molecular weight is 271 g/mol. The molecule has 0 unspecified atom stereocenters. The molecule has 0 fully saturated rings. The Kier molecular flexibility index (Phi) is 3.51. The number of hydrogen-bond donors (Lipinski definition) is 2. The lowest BCUT2D eigenvalue weighted by Crippen LogP contribution is -2.21. The molecule has 0 radical (unpaired) electrons. The van der Waals surface area contributed by atoms with Gasteiger partial charge in [-0.1, -0.05) is 0 Å². The fraction of sp³-hybridized carbons (Fsp3) is 0.364. The van der Waals surface area contributed by atoms with Crippen LogP contribution in [0.4, 0.5) is 10.1 Å². The number of hydrogen-bond acceptors (Lipinski definition) is 4. The topological polar surface area (TPSA) is 70.6 Å². The lowest BCUT2D eigenvalue weighted by atomic mass is 10.1. The van der Waals surface area contributed by atoms with Crippen LogP contribution in [-0.2, 0) is 16.4 Å². The van der Waals surface area contributed by atoms with Crippen LogP contribution >= 0.6 is 0 Å². The Morgan fingerprint density at radius 3 is 2.89 bits per heavy atom. The number of nitrogens with one attached hydrogen (secondary N) is 2. The second kappa shape index (κ2) is 4.93. The lowest BCUT2D eigenvalue weighted by Gasteiger charge is -2.08. The molecule has 0 saturated carbocycles. The molecule has 0 aromatic heterocycles. The van der Waals surface area contributed by atoms with Crippen LogP contribution in [0.3, 0.4) is 0 Å². The third kappa shape index (κ3) is 3.43. The maximum atomic E-state index is 13.6. The Morgan fingerprint density at radius 1 is 1.50 bits per heavy atom. The number of amidine groups is 1. The van der Waals surface area contributed by atoms with E-state index in [1.165, 1.54) is 18.2 Å². The van der Waals surface area contributed by atoms with Crippen molar-refractivity contribution in [1.29, 1.82) is 0 Å². The van der Waals surface area contributed by atoms with Crippen LogP contribution in [0, 0.1) is 5.82 Å². The predicted molar refractivity (Wildman–Crippen MR) is 68.9 cm³/mol. The monoisotopic (exact) mass is 271 g/mol. The molecule has 2 N–H and O–H groups in total. The van der Waals surface area contributed by atoms with Gasteiger partial charge in [-0.3, -0.25) is 9.71 Å². The van der Waals surface area contributed by atoms with E-state index in [0.29, 0.717) is 24.2 Å². The Hall–Kier alpha value is -1.63. The van der Waals surface area contributed by atoms with Gasteiger partial charge in [0.15, 0.2) is 0 Å². The van der Waals surface area contributed by atoms with E-state index >= 15 is 0 Å². The number of benzene rings is 1. The molecular formula is C11H14FN3O2S. The number of aliphatic imine (C=N–C) groups is 1. The maximum Gasteiger partial charge on any atom is 0.229 e. The van der Waals surface area contributed by atoms with Gasteiger partial charge in [0.1, 0.15) is 11.7 Å². The molecule has 98 valence electrons. The van der Waals surface area contributed by atoms with E-state index in [1.807, 2.05) is 0 Å². The highest BCUT2D eigenvalue weighted by Crippen LogP contribution is 2.16. The highest BCUT2D eigenvalue weighted by atomic mass is 32.2. The van der Waals surface area contributed by atoms with Gasteiger partial charge in [0, 0.05) is 18.7 Å². The molecular weight excluding hydrogens is 257 g/mol. The van der Waals surface area contributed by atoms with Gasteiger partial charge >= 0.3 is 0 Å². The molecule has 5 nitrogen and oxygen atoms in total. The summed E-state index contributed by atoms with van der Waals surface area (Å²) in [4.78, 5) is 4.18. The molecule has 0 aliphatic carbocycles. The van der Waals surface area contributed by atoms with Gasteiger partial charge in [-0.05, 0) is 23.8 Å². The fourth-order valence-corrected chi connectivity index (χ4v) is 2.29. The van der Waals surface area contributed by atoms with Crippen molar-refractivity contribution in [3.63, 3.8) is 0 Å². The number of anilines is 1. The Bertz CT molecular complexity index is 584. The first-order valence-corrected chi connectivity index (χ1v) is 7.36. The minimum atomic E-state index is -3.35. The van der Waals surface area contributed by atoms with E-state index in [0.717, 1.165) is 18.6 Å². The maximum absolute atomic E-state index is 13.6. The molecule has 0 spiro atoms. The molecule has 1 heterocycles. The van der Waals surface area contributed by atoms with Crippen LogP contribution in [0.2, 0.25) is 0 Å². The van der Waals surface area contributed by atoms with Gasteiger partial charge in [-0.2, -0.15) is 0 Å². The van der Waals surface area contributed by atoms with Crippen molar-refractivity contribution in [3.8, 4) is 0 Å². The Morgan fingerprint density at radius 2 is 2.28 bits per heavy atom. The van der Waals surface area contributed by atoms with E-state index in [1.54, 1.807) is 0 Å². The van der Waals surface area contributed by atoms with Crippen molar-refractivity contribution in [2.24, 2.45) is 4.99 Å². The lowest BCUT2D eigenvalue weighted by molar-refractivity contribution is 0.606. The minimum absolute atomic E-state index is 0.338. The first-order chi connectivity index (χ1) is 8.44. The zero-order chi connectivity index (χ0) is 13.2. The molecule has 1 aromatic carbocycles. The molecule has 7 heteroatoms. The quantitative estimate of drug-likeness (QED) is 0.848. The number of rotatable bonds is 4. The van der Waals surface area contributed by atoms with Crippen LogP contribution in [0.5, 0.6) is 0 Å². The van der Waals surface area contributed by atoms with Crippen molar-refractivity contribution in [2.75, 3.05) is 24.1 Å². The van der Waals surface area contributed by atoms with E-state index in [-0.39, 0.29) is 5.82 Å². The fourth-order valence-electron chi connectivity index (χ4n) is 1.73. The van der Waals surface area contributed by atoms with Crippen molar-refractivity contribution in [2.45, 2.75) is 6.42 Å². The summed E-state index contributed by atoms with van der Waals surface area (Å²) in [6.45, 7) is 1.45. The SMILES string of the molecule is CS(=O)(=O)Nc1ccc(F)c(CC2=NCCN2)c1. The van der Waals surface area contributed by atoms with Gasteiger partial charge in [0.25, 0.3) is 0 Å². The van der Waals surface area contributed by atoms with Crippen molar-refractivity contribution >= 4 is 21.5 Å². The van der Waals surface area contributed by atoms with Crippen LogP contribution < -0.4 is 10.0 Å². The largest absolute Gasteiger partial charge is 0.372 e. The van der Waals surface area contributed by atoms with E-state index < -0.39 is 10.0 Å². The highest BCUT2D eigenvalue weighted by Gasteiger charge is 2.11. The van der Waals surface area contributed by atoms with Gasteiger partial charge in [0.05, 0.1) is 12.8 Å². The third-order valence-electron chi connectivity index (χ3n) is 2.45. The Labute approximate surface area is 105 Å². The normalized spacial score (nSPS) is 15.1. The summed E-state index contributed by atoms with van der Waals surface area (Å²) in [5.41, 5.74) is 0.768. The smallest absolute Gasteiger partial charge is 0.229 e. The predicted octanol–water partition coefficient (Wildman–Crippen LogP) is 0.741. The minimum Gasteiger partial charge on any atom is -0.372 e. The van der Waals surface area contributed by atoms with Crippen LogP contribution in [0.15, 0.2) is 23.2 Å². The summed E-state index contributed by atoms with van der Waals surface area (Å²) in [5, 5.41) is 3.04. The summed E-state index contributed by atoms with van der Waals surface area (Å²) in [6.07, 6.45) is 1.39. The molecule has 0 atom stereocenters. The molecule has 1 aliphatic heterocycles. The second-order valence-electron chi connectivity index (χ2n) is 4.11. The average Bonchev–Trinajstić information content (AvgIpc) is 2.73. The molecule has 2 rings (SSSR count). The van der Waals surface area contributed by atoms with E-state index in [9.17, 15) is 12.8 Å². The van der Waals surface area contributed by atoms with E-state index in [2.05, 4.69) is 15.0 Å². The molecule has 0 saturated heterocycles.